The summed E-state index contributed by atoms with van der Waals surface area (Å²) < 4.78 is 16.0. The van der Waals surface area contributed by atoms with Gasteiger partial charge in [-0.3, -0.25) is 4.79 Å². The number of rotatable bonds is 4. The highest BCUT2D eigenvalue weighted by atomic mass is 19.1. The molecule has 0 N–H and O–H groups in total. The van der Waals surface area contributed by atoms with E-state index in [4.69, 9.17) is 0 Å². The zero-order valence-electron chi connectivity index (χ0n) is 12.7. The summed E-state index contributed by atoms with van der Waals surface area (Å²) in [5.41, 5.74) is 1.69. The molecule has 112 valence electrons. The number of carbonyl (C=O) groups is 1. The summed E-state index contributed by atoms with van der Waals surface area (Å²) in [6.45, 7) is 5.09. The maximum Gasteiger partial charge on any atom is 0.198 e. The first kappa shape index (κ1) is 14.5. The van der Waals surface area contributed by atoms with Crippen LogP contribution in [-0.4, -0.2) is 10.4 Å². The maximum absolute atomic E-state index is 13.9. The second kappa shape index (κ2) is 5.76. The van der Waals surface area contributed by atoms with Crippen molar-refractivity contribution in [2.45, 2.75) is 20.4 Å². The Balaban J connectivity index is 2.15. The zero-order chi connectivity index (χ0) is 15.7. The van der Waals surface area contributed by atoms with Gasteiger partial charge in [-0.15, -0.1) is 0 Å². The van der Waals surface area contributed by atoms with Crippen molar-refractivity contribution in [1.29, 1.82) is 0 Å². The summed E-state index contributed by atoms with van der Waals surface area (Å²) >= 11 is 0. The van der Waals surface area contributed by atoms with E-state index in [-0.39, 0.29) is 11.3 Å². The van der Waals surface area contributed by atoms with Crippen molar-refractivity contribution in [3.8, 4) is 0 Å². The van der Waals surface area contributed by atoms with Crippen LogP contribution in [0.1, 0.15) is 29.8 Å². The largest absolute Gasteiger partial charge is 0.346 e. The molecule has 2 nitrogen and oxygen atoms in total. The molecule has 3 aromatic rings. The first-order chi connectivity index (χ1) is 10.6. The fourth-order valence-corrected chi connectivity index (χ4v) is 2.76. The quantitative estimate of drug-likeness (QED) is 0.641. The van der Waals surface area contributed by atoms with E-state index in [1.807, 2.05) is 30.5 Å². The summed E-state index contributed by atoms with van der Waals surface area (Å²) in [4.78, 5) is 12.7. The van der Waals surface area contributed by atoms with Gasteiger partial charge in [0.2, 0.25) is 0 Å². The summed E-state index contributed by atoms with van der Waals surface area (Å²) in [6, 6.07) is 13.9. The molecule has 0 fully saturated rings. The topological polar surface area (TPSA) is 22.0 Å². The molecule has 0 unspecified atom stereocenters. The Morgan fingerprint density at radius 1 is 1.05 bits per heavy atom. The minimum atomic E-state index is -0.479. The summed E-state index contributed by atoms with van der Waals surface area (Å²) in [5, 5.41) is 0.872. The van der Waals surface area contributed by atoms with E-state index < -0.39 is 5.82 Å². The maximum atomic E-state index is 13.9. The van der Waals surface area contributed by atoms with Gasteiger partial charge in [0.05, 0.1) is 5.56 Å². The summed E-state index contributed by atoms with van der Waals surface area (Å²) in [6.07, 6.45) is 1.85. The lowest BCUT2D eigenvalue weighted by atomic mass is 10.0. The molecule has 2 aromatic carbocycles. The number of nitrogens with zero attached hydrogens (tertiary/aromatic N) is 1. The lowest BCUT2D eigenvalue weighted by Crippen LogP contribution is -2.05. The van der Waals surface area contributed by atoms with Crippen molar-refractivity contribution in [1.82, 2.24) is 4.57 Å². The van der Waals surface area contributed by atoms with Crippen LogP contribution in [0.3, 0.4) is 0 Å². The van der Waals surface area contributed by atoms with Crippen LogP contribution in [0.25, 0.3) is 10.9 Å². The van der Waals surface area contributed by atoms with Gasteiger partial charge in [-0.1, -0.05) is 44.2 Å². The van der Waals surface area contributed by atoms with Crippen LogP contribution >= 0.6 is 0 Å². The molecule has 0 saturated heterocycles. The molecule has 3 heteroatoms. The molecule has 0 aliphatic rings. The number of aromatic nitrogens is 1. The minimum Gasteiger partial charge on any atom is -0.346 e. The Bertz CT molecular complexity index is 832. The van der Waals surface area contributed by atoms with Crippen LogP contribution in [0.4, 0.5) is 4.39 Å². The van der Waals surface area contributed by atoms with Gasteiger partial charge in [0.25, 0.3) is 0 Å². The highest BCUT2D eigenvalue weighted by molar-refractivity contribution is 6.16. The monoisotopic (exact) mass is 295 g/mol. The van der Waals surface area contributed by atoms with Crippen molar-refractivity contribution in [2.75, 3.05) is 0 Å². The van der Waals surface area contributed by atoms with Gasteiger partial charge in [0, 0.05) is 29.2 Å². The molecule has 0 aliphatic heterocycles. The minimum absolute atomic E-state index is 0.120. The van der Waals surface area contributed by atoms with Crippen LogP contribution in [-0.2, 0) is 6.54 Å². The van der Waals surface area contributed by atoms with Crippen LogP contribution < -0.4 is 0 Å². The number of ketones is 1. The fourth-order valence-electron chi connectivity index (χ4n) is 2.76. The van der Waals surface area contributed by atoms with Gasteiger partial charge in [-0.2, -0.15) is 0 Å². The average molecular weight is 295 g/mol. The fraction of sp³-hybridized carbons (Fsp3) is 0.211. The molecule has 0 atom stereocenters. The Morgan fingerprint density at radius 3 is 2.45 bits per heavy atom. The second-order valence-electron chi connectivity index (χ2n) is 5.92. The Morgan fingerprint density at radius 2 is 1.73 bits per heavy atom. The number of carbonyl (C=O) groups excluding carboxylic acids is 1. The van der Waals surface area contributed by atoms with Gasteiger partial charge in [-0.05, 0) is 24.1 Å². The van der Waals surface area contributed by atoms with E-state index in [9.17, 15) is 9.18 Å². The lowest BCUT2D eigenvalue weighted by molar-refractivity contribution is 0.103. The van der Waals surface area contributed by atoms with Crippen molar-refractivity contribution in [2.24, 2.45) is 5.92 Å². The number of hydrogen-bond acceptors (Lipinski definition) is 1. The molecule has 3 rings (SSSR count). The number of fused-ring (bicyclic) bond motifs is 1. The van der Waals surface area contributed by atoms with Gasteiger partial charge in [0.15, 0.2) is 5.78 Å². The Labute approximate surface area is 129 Å². The van der Waals surface area contributed by atoms with E-state index >= 15 is 0 Å². The molecular weight excluding hydrogens is 277 g/mol. The number of hydrogen-bond donors (Lipinski definition) is 0. The smallest absolute Gasteiger partial charge is 0.198 e. The predicted octanol–water partition coefficient (Wildman–Crippen LogP) is 4.67. The second-order valence-corrected chi connectivity index (χ2v) is 5.92. The zero-order valence-corrected chi connectivity index (χ0v) is 12.7. The predicted molar refractivity (Wildman–Crippen MR) is 86.6 cm³/mol. The van der Waals surface area contributed by atoms with Crippen LogP contribution in [0.5, 0.6) is 0 Å². The number of para-hydroxylation sites is 1. The van der Waals surface area contributed by atoms with Crippen molar-refractivity contribution in [3.05, 3.63) is 71.7 Å². The molecule has 0 aliphatic carbocycles. The van der Waals surface area contributed by atoms with E-state index in [2.05, 4.69) is 18.4 Å². The molecule has 1 heterocycles. The average Bonchev–Trinajstić information content (AvgIpc) is 2.85. The summed E-state index contributed by atoms with van der Waals surface area (Å²) in [7, 11) is 0. The third-order valence-electron chi connectivity index (χ3n) is 3.71. The van der Waals surface area contributed by atoms with E-state index in [1.54, 1.807) is 12.1 Å². The van der Waals surface area contributed by atoms with E-state index in [1.165, 1.54) is 12.1 Å². The first-order valence-electron chi connectivity index (χ1n) is 7.45. The molecule has 22 heavy (non-hydrogen) atoms. The molecule has 1 aromatic heterocycles. The third kappa shape index (κ3) is 2.54. The molecule has 0 spiro atoms. The Hall–Kier alpha value is -2.42. The molecule has 0 radical (unpaired) electrons. The van der Waals surface area contributed by atoms with Crippen molar-refractivity contribution < 1.29 is 9.18 Å². The SMILES string of the molecule is CC(C)Cn1cc(C(=O)c2ccccc2F)c2ccccc21. The number of benzene rings is 2. The van der Waals surface area contributed by atoms with Gasteiger partial charge in [-0.25, -0.2) is 4.39 Å². The lowest BCUT2D eigenvalue weighted by Gasteiger charge is -2.07. The molecular formula is C19H18FNO. The van der Waals surface area contributed by atoms with Gasteiger partial charge >= 0.3 is 0 Å². The van der Waals surface area contributed by atoms with Gasteiger partial charge < -0.3 is 4.57 Å². The standard InChI is InChI=1S/C19H18FNO/c1-13(2)11-21-12-16(14-7-4-6-10-18(14)21)19(22)15-8-3-5-9-17(15)20/h3-10,12-13H,11H2,1-2H3. The van der Waals surface area contributed by atoms with Crippen molar-refractivity contribution >= 4 is 16.7 Å². The van der Waals surface area contributed by atoms with Gasteiger partial charge in [0.1, 0.15) is 5.82 Å². The van der Waals surface area contributed by atoms with E-state index in [0.29, 0.717) is 11.5 Å². The molecule has 0 saturated carbocycles. The summed E-state index contributed by atoms with van der Waals surface area (Å²) in [5.74, 6) is -0.280. The Kier molecular flexibility index (Phi) is 3.80. The van der Waals surface area contributed by atoms with Crippen LogP contribution in [0.15, 0.2) is 54.7 Å². The highest BCUT2D eigenvalue weighted by Gasteiger charge is 2.19. The molecule has 0 amide bonds. The highest BCUT2D eigenvalue weighted by Crippen LogP contribution is 2.25. The van der Waals surface area contributed by atoms with Crippen molar-refractivity contribution in [3.63, 3.8) is 0 Å². The third-order valence-corrected chi connectivity index (χ3v) is 3.71. The van der Waals surface area contributed by atoms with Crippen LogP contribution in [0.2, 0.25) is 0 Å². The molecule has 0 bridgehead atoms. The van der Waals surface area contributed by atoms with E-state index in [0.717, 1.165) is 17.4 Å². The first-order valence-corrected chi connectivity index (χ1v) is 7.45. The normalized spacial score (nSPS) is 11.3. The number of halogens is 1. The van der Waals surface area contributed by atoms with Crippen LogP contribution in [0, 0.1) is 11.7 Å².